The van der Waals surface area contributed by atoms with Crippen molar-refractivity contribution >= 4 is 22.5 Å². The SMILES string of the molecule is N=C(N)/N=c1\ccn(C2CC2)c2cc(N3CCNCC3)c(F)cc12. The normalized spacial score (nSPS) is 19.0. The number of hydrogen-bond donors (Lipinski definition) is 3. The molecule has 1 aromatic heterocycles. The van der Waals surface area contributed by atoms with Crippen LogP contribution in [0.15, 0.2) is 29.4 Å². The first kappa shape index (κ1) is 15.1. The van der Waals surface area contributed by atoms with Crippen molar-refractivity contribution in [1.82, 2.24) is 9.88 Å². The molecule has 4 rings (SSSR count). The fourth-order valence-electron chi connectivity index (χ4n) is 3.34. The van der Waals surface area contributed by atoms with Gasteiger partial charge in [-0.25, -0.2) is 9.38 Å². The molecule has 0 unspecified atom stereocenters. The summed E-state index contributed by atoms with van der Waals surface area (Å²) in [6, 6.07) is 5.74. The second kappa shape index (κ2) is 5.90. The van der Waals surface area contributed by atoms with Crippen LogP contribution in [0.2, 0.25) is 0 Å². The Bertz CT molecular complexity index is 861. The average Bonchev–Trinajstić information content (AvgIpc) is 3.40. The molecule has 0 bridgehead atoms. The van der Waals surface area contributed by atoms with Crippen LogP contribution in [0.3, 0.4) is 0 Å². The summed E-state index contributed by atoms with van der Waals surface area (Å²) in [5.74, 6) is -0.523. The molecule has 1 aliphatic heterocycles. The number of aromatic nitrogens is 1. The van der Waals surface area contributed by atoms with E-state index in [4.69, 9.17) is 11.1 Å². The van der Waals surface area contributed by atoms with Crippen molar-refractivity contribution in [1.29, 1.82) is 5.41 Å². The van der Waals surface area contributed by atoms with E-state index in [0.29, 0.717) is 22.5 Å². The average molecular weight is 328 g/mol. The topological polar surface area (TPSA) is 82.4 Å². The van der Waals surface area contributed by atoms with E-state index < -0.39 is 0 Å². The summed E-state index contributed by atoms with van der Waals surface area (Å²) in [4.78, 5) is 6.13. The molecular weight excluding hydrogens is 307 g/mol. The molecule has 0 atom stereocenters. The second-order valence-electron chi connectivity index (χ2n) is 6.39. The van der Waals surface area contributed by atoms with Gasteiger partial charge in [-0.15, -0.1) is 0 Å². The second-order valence-corrected chi connectivity index (χ2v) is 6.39. The van der Waals surface area contributed by atoms with Crippen molar-refractivity contribution in [2.75, 3.05) is 31.1 Å². The number of nitrogens with two attached hydrogens (primary N) is 1. The van der Waals surface area contributed by atoms with Gasteiger partial charge in [-0.05, 0) is 31.0 Å². The number of hydrogen-bond acceptors (Lipinski definition) is 3. The third-order valence-corrected chi connectivity index (χ3v) is 4.65. The van der Waals surface area contributed by atoms with E-state index in [1.165, 1.54) is 6.07 Å². The zero-order valence-corrected chi connectivity index (χ0v) is 13.4. The minimum Gasteiger partial charge on any atom is -0.368 e. The van der Waals surface area contributed by atoms with Crippen molar-refractivity contribution in [3.63, 3.8) is 0 Å². The van der Waals surface area contributed by atoms with Gasteiger partial charge in [-0.1, -0.05) is 0 Å². The Hall–Kier alpha value is -2.41. The van der Waals surface area contributed by atoms with Crippen molar-refractivity contribution < 1.29 is 4.39 Å². The monoisotopic (exact) mass is 328 g/mol. The molecule has 24 heavy (non-hydrogen) atoms. The number of pyridine rings is 1. The smallest absolute Gasteiger partial charge is 0.213 e. The standard InChI is InChI=1S/C17H21FN6/c18-13-9-12-14(22-17(19)20)3-6-24(11-1-2-11)15(12)10-16(13)23-7-4-21-5-8-23/h3,6,9-11,21H,1-2,4-5,7-8H2,(H3,19,20)/b22-14+. The van der Waals surface area contributed by atoms with E-state index >= 15 is 0 Å². The number of halogens is 1. The Morgan fingerprint density at radius 2 is 2.04 bits per heavy atom. The van der Waals surface area contributed by atoms with E-state index in [9.17, 15) is 4.39 Å². The predicted octanol–water partition coefficient (Wildman–Crippen LogP) is 1.32. The minimum atomic E-state index is -0.271. The summed E-state index contributed by atoms with van der Waals surface area (Å²) in [7, 11) is 0. The Kier molecular flexibility index (Phi) is 3.72. The fraction of sp³-hybridized carbons (Fsp3) is 0.412. The van der Waals surface area contributed by atoms with Gasteiger partial charge < -0.3 is 20.5 Å². The van der Waals surface area contributed by atoms with Gasteiger partial charge in [0.15, 0.2) is 0 Å². The summed E-state index contributed by atoms with van der Waals surface area (Å²) in [6.07, 6.45) is 4.26. The van der Waals surface area contributed by atoms with E-state index in [-0.39, 0.29) is 11.8 Å². The highest BCUT2D eigenvalue weighted by molar-refractivity contribution is 5.85. The van der Waals surface area contributed by atoms with Gasteiger partial charge in [0.1, 0.15) is 5.82 Å². The number of rotatable bonds is 2. The van der Waals surface area contributed by atoms with Gasteiger partial charge in [0, 0.05) is 43.8 Å². The lowest BCUT2D eigenvalue weighted by Gasteiger charge is -2.30. The van der Waals surface area contributed by atoms with Crippen molar-refractivity contribution in [2.24, 2.45) is 10.7 Å². The molecule has 4 N–H and O–H groups in total. The number of benzene rings is 1. The van der Waals surface area contributed by atoms with E-state index in [1.807, 2.05) is 18.3 Å². The molecule has 2 aliphatic rings. The molecular formula is C17H21FN6. The zero-order valence-electron chi connectivity index (χ0n) is 13.4. The van der Waals surface area contributed by atoms with Crippen molar-refractivity contribution in [3.05, 3.63) is 35.6 Å². The van der Waals surface area contributed by atoms with E-state index in [1.54, 1.807) is 0 Å². The van der Waals surface area contributed by atoms with Crippen LogP contribution in [0.5, 0.6) is 0 Å². The molecule has 1 aromatic carbocycles. The van der Waals surface area contributed by atoms with Gasteiger partial charge in [-0.2, -0.15) is 0 Å². The number of fused-ring (bicyclic) bond motifs is 1. The van der Waals surface area contributed by atoms with Crippen molar-refractivity contribution in [3.8, 4) is 0 Å². The molecule has 2 heterocycles. The van der Waals surface area contributed by atoms with Gasteiger partial charge in [0.25, 0.3) is 0 Å². The number of nitrogens with one attached hydrogen (secondary N) is 2. The molecule has 6 nitrogen and oxygen atoms in total. The highest BCUT2D eigenvalue weighted by Gasteiger charge is 2.25. The molecule has 2 aromatic rings. The molecule has 126 valence electrons. The largest absolute Gasteiger partial charge is 0.368 e. The van der Waals surface area contributed by atoms with Gasteiger partial charge in [0.2, 0.25) is 5.96 Å². The van der Waals surface area contributed by atoms with Crippen LogP contribution in [-0.4, -0.2) is 36.7 Å². The Morgan fingerprint density at radius 1 is 1.29 bits per heavy atom. The van der Waals surface area contributed by atoms with Crippen LogP contribution >= 0.6 is 0 Å². The summed E-state index contributed by atoms with van der Waals surface area (Å²) >= 11 is 0. The highest BCUT2D eigenvalue weighted by Crippen LogP contribution is 2.37. The molecule has 0 spiro atoms. The highest BCUT2D eigenvalue weighted by atomic mass is 19.1. The Morgan fingerprint density at radius 3 is 2.71 bits per heavy atom. The number of piperazine rings is 1. The predicted molar refractivity (Wildman–Crippen MR) is 92.7 cm³/mol. The van der Waals surface area contributed by atoms with Crippen LogP contribution in [0.1, 0.15) is 18.9 Å². The number of nitrogens with zero attached hydrogens (tertiary/aromatic N) is 3. The maximum Gasteiger partial charge on any atom is 0.213 e. The first-order chi connectivity index (χ1) is 11.6. The lowest BCUT2D eigenvalue weighted by molar-refractivity contribution is 0.567. The minimum absolute atomic E-state index is 0.252. The summed E-state index contributed by atoms with van der Waals surface area (Å²) in [5, 5.41) is 11.9. The maximum absolute atomic E-state index is 14.8. The first-order valence-electron chi connectivity index (χ1n) is 8.32. The summed E-state index contributed by atoms with van der Waals surface area (Å²) in [6.45, 7) is 3.31. The van der Waals surface area contributed by atoms with Crippen LogP contribution in [0, 0.1) is 11.2 Å². The molecule has 0 radical (unpaired) electrons. The van der Waals surface area contributed by atoms with E-state index in [2.05, 4.69) is 19.8 Å². The first-order valence-corrected chi connectivity index (χ1v) is 8.32. The van der Waals surface area contributed by atoms with Crippen molar-refractivity contribution in [2.45, 2.75) is 18.9 Å². The maximum atomic E-state index is 14.8. The molecule has 1 saturated carbocycles. The summed E-state index contributed by atoms with van der Waals surface area (Å²) in [5.41, 5.74) is 7.00. The van der Waals surface area contributed by atoms with Crippen LogP contribution in [0.25, 0.3) is 10.9 Å². The van der Waals surface area contributed by atoms with Crippen LogP contribution in [-0.2, 0) is 0 Å². The van der Waals surface area contributed by atoms with Gasteiger partial charge in [0.05, 0.1) is 16.6 Å². The van der Waals surface area contributed by atoms with Crippen LogP contribution < -0.4 is 21.3 Å². The van der Waals surface area contributed by atoms with Gasteiger partial charge >= 0.3 is 0 Å². The zero-order chi connectivity index (χ0) is 16.7. The molecule has 0 amide bonds. The van der Waals surface area contributed by atoms with E-state index in [0.717, 1.165) is 44.5 Å². The number of guanidine groups is 1. The Labute approximate surface area is 139 Å². The lowest BCUT2D eigenvalue weighted by Crippen LogP contribution is -2.43. The fourth-order valence-corrected chi connectivity index (χ4v) is 3.34. The molecule has 2 fully saturated rings. The number of anilines is 1. The third kappa shape index (κ3) is 2.75. The Balaban J connectivity index is 1.93. The molecule has 1 saturated heterocycles. The van der Waals surface area contributed by atoms with Crippen LogP contribution in [0.4, 0.5) is 10.1 Å². The quantitative estimate of drug-likeness (QED) is 0.574. The molecule has 7 heteroatoms. The lowest BCUT2D eigenvalue weighted by atomic mass is 10.1. The van der Waals surface area contributed by atoms with Gasteiger partial charge in [-0.3, -0.25) is 5.41 Å². The molecule has 1 aliphatic carbocycles. The summed E-state index contributed by atoms with van der Waals surface area (Å²) < 4.78 is 17.0. The third-order valence-electron chi connectivity index (χ3n) is 4.65.